The molecule has 0 bridgehead atoms. The molecule has 1 atom stereocenters. The van der Waals surface area contributed by atoms with Gasteiger partial charge in [-0.25, -0.2) is 0 Å². The zero-order valence-electron chi connectivity index (χ0n) is 13.3. The fraction of sp³-hybridized carbons (Fsp3) is 0.278. The molecular weight excluding hydrogens is 306 g/mol. The van der Waals surface area contributed by atoms with E-state index in [0.717, 1.165) is 24.1 Å². The normalized spacial score (nSPS) is 14.7. The SMILES string of the molecule is C[C@H](NC(=O)c1ccc[nH]c1=O)c1ccc(NC(=O)C2CC2)cc1. The fourth-order valence-electron chi connectivity index (χ4n) is 2.40. The minimum atomic E-state index is -0.421. The van der Waals surface area contributed by atoms with Gasteiger partial charge >= 0.3 is 0 Å². The molecular formula is C18H19N3O3. The number of carbonyl (C=O) groups excluding carboxylic acids is 2. The highest BCUT2D eigenvalue weighted by molar-refractivity contribution is 5.94. The molecule has 24 heavy (non-hydrogen) atoms. The lowest BCUT2D eigenvalue weighted by Gasteiger charge is -2.15. The molecule has 3 rings (SSSR count). The van der Waals surface area contributed by atoms with Gasteiger partial charge in [-0.1, -0.05) is 12.1 Å². The molecule has 1 fully saturated rings. The van der Waals surface area contributed by atoms with Gasteiger partial charge in [-0.3, -0.25) is 14.4 Å². The molecule has 1 aliphatic carbocycles. The third-order valence-corrected chi connectivity index (χ3v) is 4.04. The van der Waals surface area contributed by atoms with E-state index < -0.39 is 11.5 Å². The van der Waals surface area contributed by atoms with Gasteiger partial charge in [-0.05, 0) is 49.6 Å². The second kappa shape index (κ2) is 6.70. The Morgan fingerprint density at radius 1 is 1.17 bits per heavy atom. The Morgan fingerprint density at radius 2 is 1.88 bits per heavy atom. The Balaban J connectivity index is 1.63. The van der Waals surface area contributed by atoms with Crippen LogP contribution in [0.1, 0.15) is 41.7 Å². The minimum Gasteiger partial charge on any atom is -0.345 e. The summed E-state index contributed by atoms with van der Waals surface area (Å²) in [4.78, 5) is 38.0. The maximum Gasteiger partial charge on any atom is 0.260 e. The number of nitrogens with one attached hydrogen (secondary N) is 3. The van der Waals surface area contributed by atoms with Crippen LogP contribution in [0.2, 0.25) is 0 Å². The highest BCUT2D eigenvalue weighted by atomic mass is 16.2. The van der Waals surface area contributed by atoms with Crippen molar-refractivity contribution in [2.24, 2.45) is 5.92 Å². The molecule has 1 aliphatic rings. The monoisotopic (exact) mass is 325 g/mol. The van der Waals surface area contributed by atoms with Crippen LogP contribution in [0, 0.1) is 5.92 Å². The van der Waals surface area contributed by atoms with Crippen molar-refractivity contribution in [2.75, 3.05) is 5.32 Å². The molecule has 2 aromatic rings. The first kappa shape index (κ1) is 16.0. The van der Waals surface area contributed by atoms with Crippen LogP contribution < -0.4 is 16.2 Å². The molecule has 124 valence electrons. The Labute approximate surface area is 139 Å². The van der Waals surface area contributed by atoms with Crippen LogP contribution in [0.3, 0.4) is 0 Å². The van der Waals surface area contributed by atoms with Gasteiger partial charge < -0.3 is 15.6 Å². The predicted molar refractivity (Wildman–Crippen MR) is 90.7 cm³/mol. The summed E-state index contributed by atoms with van der Waals surface area (Å²) in [5, 5.41) is 5.67. The summed E-state index contributed by atoms with van der Waals surface area (Å²) in [5.74, 6) is -0.199. The molecule has 0 aliphatic heterocycles. The molecule has 0 radical (unpaired) electrons. The fourth-order valence-corrected chi connectivity index (χ4v) is 2.40. The number of rotatable bonds is 5. The molecule has 0 saturated heterocycles. The van der Waals surface area contributed by atoms with Crippen molar-refractivity contribution in [3.63, 3.8) is 0 Å². The third-order valence-electron chi connectivity index (χ3n) is 4.04. The standard InChI is InChI=1S/C18H19N3O3/c1-11(20-18(24)15-3-2-10-19-17(15)23)12-6-8-14(9-7-12)21-16(22)13-4-5-13/h2-3,6-11,13H,4-5H2,1H3,(H,19,23)(H,20,24)(H,21,22)/t11-/m0/s1. The number of hydrogen-bond donors (Lipinski definition) is 3. The van der Waals surface area contributed by atoms with Crippen molar-refractivity contribution in [1.29, 1.82) is 0 Å². The first-order valence-corrected chi connectivity index (χ1v) is 7.94. The highest BCUT2D eigenvalue weighted by Crippen LogP contribution is 2.30. The Bertz CT molecular complexity index is 807. The van der Waals surface area contributed by atoms with Crippen molar-refractivity contribution in [3.05, 3.63) is 64.1 Å². The molecule has 3 N–H and O–H groups in total. The van der Waals surface area contributed by atoms with E-state index in [1.165, 1.54) is 12.3 Å². The van der Waals surface area contributed by atoms with Crippen molar-refractivity contribution < 1.29 is 9.59 Å². The van der Waals surface area contributed by atoms with E-state index in [0.29, 0.717) is 0 Å². The number of aromatic nitrogens is 1. The lowest BCUT2D eigenvalue weighted by molar-refractivity contribution is -0.117. The van der Waals surface area contributed by atoms with E-state index in [9.17, 15) is 14.4 Å². The lowest BCUT2D eigenvalue weighted by atomic mass is 10.1. The summed E-state index contributed by atoms with van der Waals surface area (Å²) in [6, 6.07) is 10.2. The summed E-state index contributed by atoms with van der Waals surface area (Å²) in [5.41, 5.74) is 1.30. The van der Waals surface area contributed by atoms with Gasteiger partial charge in [0, 0.05) is 17.8 Å². The Kier molecular flexibility index (Phi) is 4.46. The van der Waals surface area contributed by atoms with E-state index in [2.05, 4.69) is 15.6 Å². The van der Waals surface area contributed by atoms with Crippen molar-refractivity contribution in [1.82, 2.24) is 10.3 Å². The van der Waals surface area contributed by atoms with Gasteiger partial charge in [0.1, 0.15) is 5.56 Å². The molecule has 1 aromatic heterocycles. The van der Waals surface area contributed by atoms with E-state index in [1.807, 2.05) is 31.2 Å². The summed E-state index contributed by atoms with van der Waals surface area (Å²) in [6.45, 7) is 1.84. The van der Waals surface area contributed by atoms with Crippen LogP contribution in [0.25, 0.3) is 0 Å². The maximum absolute atomic E-state index is 12.2. The summed E-state index contributed by atoms with van der Waals surface area (Å²) < 4.78 is 0. The summed E-state index contributed by atoms with van der Waals surface area (Å²) in [6.07, 6.45) is 3.41. The van der Waals surface area contributed by atoms with Gasteiger partial charge in [0.15, 0.2) is 0 Å². The summed E-state index contributed by atoms with van der Waals surface area (Å²) in [7, 11) is 0. The average Bonchev–Trinajstić information content (AvgIpc) is 3.40. The van der Waals surface area contributed by atoms with Crippen LogP contribution in [0.15, 0.2) is 47.4 Å². The third kappa shape index (κ3) is 3.71. The van der Waals surface area contributed by atoms with E-state index >= 15 is 0 Å². The van der Waals surface area contributed by atoms with Crippen LogP contribution in [-0.4, -0.2) is 16.8 Å². The quantitative estimate of drug-likeness (QED) is 0.787. The molecule has 1 heterocycles. The van der Waals surface area contributed by atoms with Gasteiger partial charge in [-0.2, -0.15) is 0 Å². The molecule has 0 unspecified atom stereocenters. The number of hydrogen-bond acceptors (Lipinski definition) is 3. The average molecular weight is 325 g/mol. The van der Waals surface area contributed by atoms with Crippen molar-refractivity contribution in [3.8, 4) is 0 Å². The molecule has 6 heteroatoms. The zero-order chi connectivity index (χ0) is 17.1. The van der Waals surface area contributed by atoms with Crippen LogP contribution >= 0.6 is 0 Å². The number of H-pyrrole nitrogens is 1. The number of amides is 2. The van der Waals surface area contributed by atoms with Gasteiger partial charge in [0.25, 0.3) is 11.5 Å². The number of pyridine rings is 1. The number of aromatic amines is 1. The van der Waals surface area contributed by atoms with E-state index in [1.54, 1.807) is 6.07 Å². The van der Waals surface area contributed by atoms with Gasteiger partial charge in [-0.15, -0.1) is 0 Å². The van der Waals surface area contributed by atoms with Gasteiger partial charge in [0.05, 0.1) is 6.04 Å². The topological polar surface area (TPSA) is 91.1 Å². The van der Waals surface area contributed by atoms with Gasteiger partial charge in [0.2, 0.25) is 5.91 Å². The highest BCUT2D eigenvalue weighted by Gasteiger charge is 2.29. The maximum atomic E-state index is 12.2. The second-order valence-electron chi connectivity index (χ2n) is 5.99. The number of benzene rings is 1. The molecule has 6 nitrogen and oxygen atoms in total. The first-order valence-electron chi connectivity index (χ1n) is 7.94. The molecule has 0 spiro atoms. The van der Waals surface area contributed by atoms with Crippen molar-refractivity contribution >= 4 is 17.5 Å². The van der Waals surface area contributed by atoms with Crippen LogP contribution in [0.4, 0.5) is 5.69 Å². The first-order chi connectivity index (χ1) is 11.5. The summed E-state index contributed by atoms with van der Waals surface area (Å²) >= 11 is 0. The second-order valence-corrected chi connectivity index (χ2v) is 5.99. The van der Waals surface area contributed by atoms with E-state index in [4.69, 9.17) is 0 Å². The molecule has 1 aromatic carbocycles. The van der Waals surface area contributed by atoms with E-state index in [-0.39, 0.29) is 23.4 Å². The Morgan fingerprint density at radius 3 is 2.50 bits per heavy atom. The number of anilines is 1. The molecule has 2 amide bonds. The lowest BCUT2D eigenvalue weighted by Crippen LogP contribution is -2.31. The van der Waals surface area contributed by atoms with Crippen LogP contribution in [0.5, 0.6) is 0 Å². The minimum absolute atomic E-state index is 0.0624. The zero-order valence-corrected chi connectivity index (χ0v) is 13.3. The smallest absolute Gasteiger partial charge is 0.260 e. The molecule has 1 saturated carbocycles. The van der Waals surface area contributed by atoms with Crippen LogP contribution in [-0.2, 0) is 4.79 Å². The largest absolute Gasteiger partial charge is 0.345 e. The van der Waals surface area contributed by atoms with Crippen molar-refractivity contribution in [2.45, 2.75) is 25.8 Å². The Hall–Kier alpha value is -2.89. The number of carbonyl (C=O) groups is 2. The predicted octanol–water partition coefficient (Wildman–Crippen LogP) is 2.21.